The molecule has 0 fully saturated rings. The van der Waals surface area contributed by atoms with Gasteiger partial charge in [0.15, 0.2) is 16.7 Å². The SMILES string of the molecule is COc1ccccc1N(C)c1ncnc(Cl)c1OC. The molecule has 2 rings (SSSR count). The molecule has 1 aromatic heterocycles. The lowest BCUT2D eigenvalue weighted by Gasteiger charge is -2.22. The summed E-state index contributed by atoms with van der Waals surface area (Å²) in [6.45, 7) is 0. The van der Waals surface area contributed by atoms with Crippen LogP contribution in [0.2, 0.25) is 5.15 Å². The first-order valence-electron chi connectivity index (χ1n) is 5.60. The van der Waals surface area contributed by atoms with Crippen molar-refractivity contribution < 1.29 is 9.47 Å². The number of nitrogens with zero attached hydrogens (tertiary/aromatic N) is 3. The number of hydrogen-bond acceptors (Lipinski definition) is 5. The van der Waals surface area contributed by atoms with E-state index in [9.17, 15) is 0 Å². The number of benzene rings is 1. The summed E-state index contributed by atoms with van der Waals surface area (Å²) in [6, 6.07) is 7.62. The molecule has 100 valence electrons. The molecule has 0 amide bonds. The minimum atomic E-state index is 0.272. The molecule has 6 heteroatoms. The molecular weight excluding hydrogens is 266 g/mol. The topological polar surface area (TPSA) is 47.5 Å². The summed E-state index contributed by atoms with van der Waals surface area (Å²) in [5, 5.41) is 0.272. The van der Waals surface area contributed by atoms with E-state index >= 15 is 0 Å². The van der Waals surface area contributed by atoms with Gasteiger partial charge < -0.3 is 14.4 Å². The third-order valence-corrected chi connectivity index (χ3v) is 2.98. The molecule has 0 saturated carbocycles. The Morgan fingerprint density at radius 3 is 2.53 bits per heavy atom. The van der Waals surface area contributed by atoms with Gasteiger partial charge in [-0.2, -0.15) is 0 Å². The molecule has 0 saturated heterocycles. The number of methoxy groups -OCH3 is 2. The van der Waals surface area contributed by atoms with E-state index in [-0.39, 0.29) is 5.15 Å². The highest BCUT2D eigenvalue weighted by Gasteiger charge is 2.17. The molecule has 0 aliphatic heterocycles. The van der Waals surface area contributed by atoms with Crippen molar-refractivity contribution in [2.24, 2.45) is 0 Å². The summed E-state index contributed by atoms with van der Waals surface area (Å²) >= 11 is 6.00. The van der Waals surface area contributed by atoms with E-state index in [2.05, 4.69) is 9.97 Å². The van der Waals surface area contributed by atoms with Crippen molar-refractivity contribution in [3.63, 3.8) is 0 Å². The Bertz CT molecular complexity index is 578. The lowest BCUT2D eigenvalue weighted by Crippen LogP contribution is -2.14. The van der Waals surface area contributed by atoms with E-state index in [1.807, 2.05) is 36.2 Å². The number of aromatic nitrogens is 2. The van der Waals surface area contributed by atoms with Gasteiger partial charge in [0.1, 0.15) is 12.1 Å². The van der Waals surface area contributed by atoms with Gasteiger partial charge in [0.2, 0.25) is 0 Å². The van der Waals surface area contributed by atoms with E-state index < -0.39 is 0 Å². The molecule has 0 atom stereocenters. The molecule has 2 aromatic rings. The van der Waals surface area contributed by atoms with Crippen LogP contribution in [0.4, 0.5) is 11.5 Å². The fourth-order valence-corrected chi connectivity index (χ4v) is 1.98. The predicted octanol–water partition coefficient (Wildman–Crippen LogP) is 2.92. The summed E-state index contributed by atoms with van der Waals surface area (Å²) in [5.74, 6) is 1.74. The summed E-state index contributed by atoms with van der Waals surface area (Å²) in [6.07, 6.45) is 1.39. The van der Waals surface area contributed by atoms with Gasteiger partial charge >= 0.3 is 0 Å². The van der Waals surface area contributed by atoms with Gasteiger partial charge in [0.05, 0.1) is 19.9 Å². The van der Waals surface area contributed by atoms with Gasteiger partial charge in [-0.05, 0) is 12.1 Å². The molecule has 1 heterocycles. The normalized spacial score (nSPS) is 10.1. The highest BCUT2D eigenvalue weighted by Crippen LogP contribution is 2.37. The van der Waals surface area contributed by atoms with E-state index in [0.29, 0.717) is 11.6 Å². The van der Waals surface area contributed by atoms with Crippen molar-refractivity contribution in [2.45, 2.75) is 0 Å². The van der Waals surface area contributed by atoms with Crippen molar-refractivity contribution in [3.8, 4) is 11.5 Å². The summed E-state index contributed by atoms with van der Waals surface area (Å²) in [5.41, 5.74) is 0.859. The van der Waals surface area contributed by atoms with Gasteiger partial charge in [-0.3, -0.25) is 0 Å². The van der Waals surface area contributed by atoms with Crippen LogP contribution in [-0.4, -0.2) is 31.2 Å². The molecule has 0 radical (unpaired) electrons. The lowest BCUT2D eigenvalue weighted by atomic mass is 10.2. The number of rotatable bonds is 4. The Kier molecular flexibility index (Phi) is 4.06. The fourth-order valence-electron chi connectivity index (χ4n) is 1.78. The van der Waals surface area contributed by atoms with Crippen LogP contribution in [0, 0.1) is 0 Å². The van der Waals surface area contributed by atoms with Gasteiger partial charge in [-0.15, -0.1) is 0 Å². The standard InChI is InChI=1S/C13H14ClN3O2/c1-17(9-6-4-5-7-10(9)18-2)13-11(19-3)12(14)15-8-16-13/h4-8H,1-3H3. The average molecular weight is 280 g/mol. The molecule has 19 heavy (non-hydrogen) atoms. The second-order valence-electron chi connectivity index (χ2n) is 3.75. The predicted molar refractivity (Wildman–Crippen MR) is 74.7 cm³/mol. The number of anilines is 2. The first-order chi connectivity index (χ1) is 9.19. The van der Waals surface area contributed by atoms with E-state index in [4.69, 9.17) is 21.1 Å². The molecule has 0 aliphatic rings. The summed E-state index contributed by atoms with van der Waals surface area (Å²) < 4.78 is 10.6. The molecule has 0 unspecified atom stereocenters. The third-order valence-electron chi connectivity index (χ3n) is 2.71. The molecule has 0 spiro atoms. The first-order valence-corrected chi connectivity index (χ1v) is 5.98. The smallest absolute Gasteiger partial charge is 0.199 e. The number of hydrogen-bond donors (Lipinski definition) is 0. The maximum absolute atomic E-state index is 6.00. The van der Waals surface area contributed by atoms with E-state index in [1.54, 1.807) is 7.11 Å². The van der Waals surface area contributed by atoms with Gasteiger partial charge in [0, 0.05) is 7.05 Å². The molecule has 1 aromatic carbocycles. The maximum Gasteiger partial charge on any atom is 0.199 e. The second-order valence-corrected chi connectivity index (χ2v) is 4.11. The second kappa shape index (κ2) is 5.75. The Morgan fingerprint density at radius 1 is 1.11 bits per heavy atom. The monoisotopic (exact) mass is 279 g/mol. The first kappa shape index (κ1) is 13.4. The molecule has 0 aliphatic carbocycles. The molecular formula is C13H14ClN3O2. The summed E-state index contributed by atoms with van der Waals surface area (Å²) in [4.78, 5) is 9.95. The quantitative estimate of drug-likeness (QED) is 0.806. The molecule has 5 nitrogen and oxygen atoms in total. The highest BCUT2D eigenvalue weighted by molar-refractivity contribution is 6.31. The van der Waals surface area contributed by atoms with E-state index in [0.717, 1.165) is 11.4 Å². The molecule has 0 N–H and O–H groups in total. The average Bonchev–Trinajstić information content (AvgIpc) is 2.46. The summed E-state index contributed by atoms with van der Waals surface area (Å²) in [7, 11) is 5.01. The number of para-hydroxylation sites is 2. The zero-order valence-electron chi connectivity index (χ0n) is 10.9. The molecule has 0 bridgehead atoms. The van der Waals surface area contributed by atoms with Crippen LogP contribution < -0.4 is 14.4 Å². The van der Waals surface area contributed by atoms with Crippen molar-refractivity contribution in [1.82, 2.24) is 9.97 Å². The van der Waals surface area contributed by atoms with Crippen LogP contribution in [-0.2, 0) is 0 Å². The zero-order chi connectivity index (χ0) is 13.8. The Hall–Kier alpha value is -2.01. The van der Waals surface area contributed by atoms with Gasteiger partial charge in [-0.1, -0.05) is 23.7 Å². The Balaban J connectivity index is 2.50. The highest BCUT2D eigenvalue weighted by atomic mass is 35.5. The minimum absolute atomic E-state index is 0.272. The van der Waals surface area contributed by atoms with Crippen LogP contribution in [0.25, 0.3) is 0 Å². The maximum atomic E-state index is 6.00. The number of halogens is 1. The van der Waals surface area contributed by atoms with Crippen molar-refractivity contribution >= 4 is 23.1 Å². The fraction of sp³-hybridized carbons (Fsp3) is 0.231. The van der Waals surface area contributed by atoms with Crippen molar-refractivity contribution in [3.05, 3.63) is 35.7 Å². The van der Waals surface area contributed by atoms with Crippen molar-refractivity contribution in [2.75, 3.05) is 26.2 Å². The van der Waals surface area contributed by atoms with Crippen LogP contribution >= 0.6 is 11.6 Å². The van der Waals surface area contributed by atoms with Gasteiger partial charge in [-0.25, -0.2) is 9.97 Å². The van der Waals surface area contributed by atoms with Gasteiger partial charge in [0.25, 0.3) is 0 Å². The lowest BCUT2D eigenvalue weighted by molar-refractivity contribution is 0.409. The van der Waals surface area contributed by atoms with E-state index in [1.165, 1.54) is 13.4 Å². The Labute approximate surface area is 116 Å². The van der Waals surface area contributed by atoms with Crippen LogP contribution in [0.5, 0.6) is 11.5 Å². The van der Waals surface area contributed by atoms with Crippen molar-refractivity contribution in [1.29, 1.82) is 0 Å². The Morgan fingerprint density at radius 2 is 1.84 bits per heavy atom. The largest absolute Gasteiger partial charge is 0.495 e. The van der Waals surface area contributed by atoms with Crippen LogP contribution in [0.3, 0.4) is 0 Å². The van der Waals surface area contributed by atoms with Crippen LogP contribution in [0.1, 0.15) is 0 Å². The minimum Gasteiger partial charge on any atom is -0.495 e. The third kappa shape index (κ3) is 2.56. The van der Waals surface area contributed by atoms with Crippen LogP contribution in [0.15, 0.2) is 30.6 Å². The zero-order valence-corrected chi connectivity index (χ0v) is 11.7. The number of ether oxygens (including phenoxy) is 2.